The zero-order valence-electron chi connectivity index (χ0n) is 10.6. The molecular formula is C13H25NO2. The molecule has 0 aromatic carbocycles. The fraction of sp³-hybridized carbons (Fsp3) is 0.769. The van der Waals surface area contributed by atoms with Crippen molar-refractivity contribution >= 4 is 5.97 Å². The van der Waals surface area contributed by atoms with Gasteiger partial charge in [0.1, 0.15) is 5.54 Å². The number of unbranched alkanes of at least 4 members (excludes halogenated alkanes) is 3. The third kappa shape index (κ3) is 5.91. The molecule has 1 unspecified atom stereocenters. The SMILES string of the molecule is C=CCCCCCNC(C)(CCC)C(=O)O. The standard InChI is InChI=1S/C13H25NO2/c1-4-6-7-8-9-11-14-13(3,10-5-2)12(15)16/h4,14H,1,5-11H2,2-3H3,(H,15,16). The molecule has 0 amide bonds. The molecule has 0 aliphatic carbocycles. The lowest BCUT2D eigenvalue weighted by atomic mass is 9.96. The topological polar surface area (TPSA) is 49.3 Å². The minimum Gasteiger partial charge on any atom is -0.480 e. The Morgan fingerprint density at radius 2 is 2.12 bits per heavy atom. The summed E-state index contributed by atoms with van der Waals surface area (Å²) in [5.74, 6) is -0.750. The van der Waals surface area contributed by atoms with E-state index in [1.54, 1.807) is 6.92 Å². The third-order valence-corrected chi connectivity index (χ3v) is 2.82. The van der Waals surface area contributed by atoms with Crippen molar-refractivity contribution in [1.82, 2.24) is 5.32 Å². The van der Waals surface area contributed by atoms with Crippen LogP contribution in [-0.4, -0.2) is 23.2 Å². The Hall–Kier alpha value is -0.830. The molecule has 0 saturated carbocycles. The molecule has 1 atom stereocenters. The van der Waals surface area contributed by atoms with Crippen molar-refractivity contribution in [1.29, 1.82) is 0 Å². The number of carboxylic acid groups (broad SMARTS) is 1. The van der Waals surface area contributed by atoms with Gasteiger partial charge in [-0.1, -0.05) is 25.8 Å². The number of allylic oxidation sites excluding steroid dienone is 1. The van der Waals surface area contributed by atoms with Crippen LogP contribution in [0, 0.1) is 0 Å². The average Bonchev–Trinajstić information content (AvgIpc) is 2.23. The Bertz CT molecular complexity index is 216. The number of carboxylic acids is 1. The Kier molecular flexibility index (Phi) is 7.90. The highest BCUT2D eigenvalue weighted by atomic mass is 16.4. The maximum absolute atomic E-state index is 11.1. The molecule has 0 bridgehead atoms. The van der Waals surface area contributed by atoms with Crippen molar-refractivity contribution in [2.24, 2.45) is 0 Å². The van der Waals surface area contributed by atoms with Gasteiger partial charge in [-0.15, -0.1) is 6.58 Å². The molecule has 0 aliphatic rings. The van der Waals surface area contributed by atoms with Crippen molar-refractivity contribution in [2.75, 3.05) is 6.54 Å². The molecule has 0 aromatic heterocycles. The van der Waals surface area contributed by atoms with Crippen LogP contribution in [0.5, 0.6) is 0 Å². The first-order valence-corrected chi connectivity index (χ1v) is 6.16. The minimum atomic E-state index is -0.757. The van der Waals surface area contributed by atoms with Crippen molar-refractivity contribution in [2.45, 2.75) is 57.9 Å². The van der Waals surface area contributed by atoms with Gasteiger partial charge in [0.2, 0.25) is 0 Å². The second kappa shape index (κ2) is 8.34. The highest BCUT2D eigenvalue weighted by molar-refractivity contribution is 5.78. The van der Waals surface area contributed by atoms with Crippen LogP contribution < -0.4 is 5.32 Å². The highest BCUT2D eigenvalue weighted by Gasteiger charge is 2.30. The molecule has 0 aliphatic heterocycles. The molecule has 3 nitrogen and oxygen atoms in total. The van der Waals surface area contributed by atoms with Gasteiger partial charge in [0, 0.05) is 0 Å². The van der Waals surface area contributed by atoms with Crippen molar-refractivity contribution in [3.63, 3.8) is 0 Å². The fourth-order valence-electron chi connectivity index (χ4n) is 1.73. The summed E-state index contributed by atoms with van der Waals surface area (Å²) in [7, 11) is 0. The fourth-order valence-corrected chi connectivity index (χ4v) is 1.73. The van der Waals surface area contributed by atoms with Crippen LogP contribution in [0.4, 0.5) is 0 Å². The van der Waals surface area contributed by atoms with Gasteiger partial charge in [-0.3, -0.25) is 4.79 Å². The quantitative estimate of drug-likeness (QED) is 0.445. The van der Waals surface area contributed by atoms with Gasteiger partial charge in [-0.2, -0.15) is 0 Å². The number of rotatable bonds is 10. The van der Waals surface area contributed by atoms with Crippen LogP contribution in [0.15, 0.2) is 12.7 Å². The van der Waals surface area contributed by atoms with Crippen molar-refractivity contribution in [3.8, 4) is 0 Å². The predicted octanol–water partition coefficient (Wildman–Crippen LogP) is 2.97. The van der Waals surface area contributed by atoms with Gasteiger partial charge in [0.15, 0.2) is 0 Å². The summed E-state index contributed by atoms with van der Waals surface area (Å²) in [5.41, 5.74) is -0.757. The van der Waals surface area contributed by atoms with E-state index < -0.39 is 11.5 Å². The number of carbonyl (C=O) groups is 1. The van der Waals surface area contributed by atoms with Gasteiger partial charge in [0.25, 0.3) is 0 Å². The van der Waals surface area contributed by atoms with Crippen LogP contribution in [0.3, 0.4) is 0 Å². The summed E-state index contributed by atoms with van der Waals surface area (Å²) in [6.45, 7) is 8.22. The minimum absolute atomic E-state index is 0.676. The predicted molar refractivity (Wildman–Crippen MR) is 67.6 cm³/mol. The molecule has 2 N–H and O–H groups in total. The maximum atomic E-state index is 11.1. The highest BCUT2D eigenvalue weighted by Crippen LogP contribution is 2.12. The Morgan fingerprint density at radius 1 is 1.44 bits per heavy atom. The molecule has 0 saturated heterocycles. The molecule has 16 heavy (non-hydrogen) atoms. The Morgan fingerprint density at radius 3 is 2.62 bits per heavy atom. The molecule has 0 heterocycles. The average molecular weight is 227 g/mol. The van der Waals surface area contributed by atoms with E-state index in [0.717, 1.165) is 38.6 Å². The lowest BCUT2D eigenvalue weighted by Crippen LogP contribution is -2.49. The van der Waals surface area contributed by atoms with E-state index in [0.29, 0.717) is 6.42 Å². The first-order valence-electron chi connectivity index (χ1n) is 6.16. The summed E-state index contributed by atoms with van der Waals surface area (Å²) in [6, 6.07) is 0. The van der Waals surface area contributed by atoms with Crippen LogP contribution in [-0.2, 0) is 4.79 Å². The molecule has 0 fully saturated rings. The zero-order chi connectivity index (χ0) is 12.4. The molecular weight excluding hydrogens is 202 g/mol. The van der Waals surface area contributed by atoms with Gasteiger partial charge in [-0.25, -0.2) is 0 Å². The van der Waals surface area contributed by atoms with Gasteiger partial charge < -0.3 is 10.4 Å². The largest absolute Gasteiger partial charge is 0.480 e. The monoisotopic (exact) mass is 227 g/mol. The first-order chi connectivity index (χ1) is 7.56. The van der Waals surface area contributed by atoms with Gasteiger partial charge >= 0.3 is 5.97 Å². The zero-order valence-corrected chi connectivity index (χ0v) is 10.6. The van der Waals surface area contributed by atoms with E-state index in [1.165, 1.54) is 0 Å². The van der Waals surface area contributed by atoms with E-state index in [1.807, 2.05) is 13.0 Å². The molecule has 0 spiro atoms. The lowest BCUT2D eigenvalue weighted by molar-refractivity contribution is -0.144. The van der Waals surface area contributed by atoms with E-state index >= 15 is 0 Å². The van der Waals surface area contributed by atoms with E-state index in [2.05, 4.69) is 11.9 Å². The number of hydrogen-bond acceptors (Lipinski definition) is 2. The second-order valence-electron chi connectivity index (χ2n) is 4.45. The Balaban J connectivity index is 3.77. The molecule has 0 aromatic rings. The van der Waals surface area contributed by atoms with Crippen molar-refractivity contribution in [3.05, 3.63) is 12.7 Å². The summed E-state index contributed by atoms with van der Waals surface area (Å²) in [5, 5.41) is 12.3. The molecule has 0 radical (unpaired) electrons. The Labute approximate surface area is 98.9 Å². The van der Waals surface area contributed by atoms with Crippen LogP contribution in [0.2, 0.25) is 0 Å². The molecule has 3 heteroatoms. The smallest absolute Gasteiger partial charge is 0.323 e. The summed E-state index contributed by atoms with van der Waals surface area (Å²) in [4.78, 5) is 11.1. The summed E-state index contributed by atoms with van der Waals surface area (Å²) in [6.07, 6.45) is 7.82. The number of hydrogen-bond donors (Lipinski definition) is 2. The van der Waals surface area contributed by atoms with Gasteiger partial charge in [-0.05, 0) is 39.2 Å². The normalized spacial score (nSPS) is 14.4. The van der Waals surface area contributed by atoms with Gasteiger partial charge in [0.05, 0.1) is 0 Å². The number of nitrogens with one attached hydrogen (secondary N) is 1. The molecule has 94 valence electrons. The van der Waals surface area contributed by atoms with Crippen LogP contribution >= 0.6 is 0 Å². The molecule has 0 rings (SSSR count). The first kappa shape index (κ1) is 15.2. The van der Waals surface area contributed by atoms with Crippen LogP contribution in [0.25, 0.3) is 0 Å². The number of aliphatic carboxylic acids is 1. The third-order valence-electron chi connectivity index (χ3n) is 2.82. The van der Waals surface area contributed by atoms with E-state index in [4.69, 9.17) is 5.11 Å². The lowest BCUT2D eigenvalue weighted by Gasteiger charge is -2.25. The van der Waals surface area contributed by atoms with Crippen LogP contribution in [0.1, 0.15) is 52.4 Å². The summed E-state index contributed by atoms with van der Waals surface area (Å²) >= 11 is 0. The summed E-state index contributed by atoms with van der Waals surface area (Å²) < 4.78 is 0. The maximum Gasteiger partial charge on any atom is 0.323 e. The van der Waals surface area contributed by atoms with Crippen molar-refractivity contribution < 1.29 is 9.90 Å². The second-order valence-corrected chi connectivity index (χ2v) is 4.45. The van der Waals surface area contributed by atoms with E-state index in [-0.39, 0.29) is 0 Å². The van der Waals surface area contributed by atoms with E-state index in [9.17, 15) is 4.79 Å².